The fourth-order valence-electron chi connectivity index (χ4n) is 5.18. The Labute approximate surface area is 120 Å². The van der Waals surface area contributed by atoms with E-state index >= 15 is 0 Å². The number of hydrogen-bond acceptors (Lipinski definition) is 4. The molecule has 0 aromatic rings. The minimum absolute atomic E-state index is 0.0834. The molecule has 2 aliphatic carbocycles. The predicted molar refractivity (Wildman–Crippen MR) is 76.9 cm³/mol. The van der Waals surface area contributed by atoms with Gasteiger partial charge in [-0.3, -0.25) is 0 Å². The SMILES string of the molecule is CC1(C)CC(C)(CN=C=O)C2CCCCC2(N=C=O)C1. The zero-order valence-corrected chi connectivity index (χ0v) is 12.7. The van der Waals surface area contributed by atoms with E-state index < -0.39 is 0 Å². The van der Waals surface area contributed by atoms with Crippen LogP contribution >= 0.6 is 0 Å². The van der Waals surface area contributed by atoms with Gasteiger partial charge in [-0.05, 0) is 42.4 Å². The number of isocyanates is 2. The average molecular weight is 276 g/mol. The third-order valence-corrected chi connectivity index (χ3v) is 5.28. The smallest absolute Gasteiger partial charge is 0.211 e. The molecule has 4 nitrogen and oxygen atoms in total. The molecular weight excluding hydrogens is 252 g/mol. The van der Waals surface area contributed by atoms with Crippen LogP contribution in [0.3, 0.4) is 0 Å². The zero-order valence-electron chi connectivity index (χ0n) is 12.7. The standard InChI is InChI=1S/C16H24N2O2/c1-14(2)8-15(3,10-17-11-19)13-6-4-5-7-16(13,9-14)18-12-20/h13H,4-10H2,1-3H3. The first-order chi connectivity index (χ1) is 9.37. The number of aliphatic imine (C=N–C) groups is 2. The van der Waals surface area contributed by atoms with Crippen LogP contribution in [0.5, 0.6) is 0 Å². The highest BCUT2D eigenvalue weighted by atomic mass is 16.1. The molecular formula is C16H24N2O2. The van der Waals surface area contributed by atoms with Gasteiger partial charge in [0.05, 0.1) is 12.1 Å². The quantitative estimate of drug-likeness (QED) is 0.586. The normalized spacial score (nSPS) is 39.0. The van der Waals surface area contributed by atoms with Crippen molar-refractivity contribution >= 4 is 12.2 Å². The van der Waals surface area contributed by atoms with Gasteiger partial charge < -0.3 is 0 Å². The summed E-state index contributed by atoms with van der Waals surface area (Å²) in [6, 6.07) is 0. The molecule has 20 heavy (non-hydrogen) atoms. The maximum atomic E-state index is 11.0. The van der Waals surface area contributed by atoms with Crippen LogP contribution < -0.4 is 0 Å². The van der Waals surface area contributed by atoms with Crippen LogP contribution in [0.15, 0.2) is 9.98 Å². The molecule has 0 spiro atoms. The number of carbonyl (C=O) groups excluding carboxylic acids is 2. The maximum absolute atomic E-state index is 11.0. The molecule has 3 atom stereocenters. The lowest BCUT2D eigenvalue weighted by molar-refractivity contribution is -0.0480. The molecule has 0 aromatic heterocycles. The first-order valence-corrected chi connectivity index (χ1v) is 7.50. The van der Waals surface area contributed by atoms with Gasteiger partial charge in [0.25, 0.3) is 0 Å². The van der Waals surface area contributed by atoms with Crippen LogP contribution in [-0.4, -0.2) is 24.2 Å². The molecule has 3 unspecified atom stereocenters. The Morgan fingerprint density at radius 1 is 1.10 bits per heavy atom. The molecule has 110 valence electrons. The Hall–Kier alpha value is -1.24. The van der Waals surface area contributed by atoms with E-state index in [0.717, 1.165) is 32.1 Å². The first kappa shape index (κ1) is 15.2. The van der Waals surface area contributed by atoms with Gasteiger partial charge in [0, 0.05) is 0 Å². The van der Waals surface area contributed by atoms with Gasteiger partial charge in [0.15, 0.2) is 0 Å². The van der Waals surface area contributed by atoms with Crippen LogP contribution in [-0.2, 0) is 9.59 Å². The molecule has 2 rings (SSSR count). The topological polar surface area (TPSA) is 58.9 Å². The minimum atomic E-state index is -0.297. The van der Waals surface area contributed by atoms with E-state index in [2.05, 4.69) is 30.8 Å². The van der Waals surface area contributed by atoms with Crippen LogP contribution in [0.4, 0.5) is 0 Å². The third kappa shape index (κ3) is 2.63. The number of rotatable bonds is 3. The van der Waals surface area contributed by atoms with E-state index in [1.807, 2.05) is 6.08 Å². The third-order valence-electron chi connectivity index (χ3n) is 5.28. The lowest BCUT2D eigenvalue weighted by Gasteiger charge is -2.58. The van der Waals surface area contributed by atoms with Gasteiger partial charge in [-0.1, -0.05) is 33.6 Å². The van der Waals surface area contributed by atoms with Crippen molar-refractivity contribution in [1.82, 2.24) is 0 Å². The Morgan fingerprint density at radius 3 is 2.50 bits per heavy atom. The van der Waals surface area contributed by atoms with Crippen molar-refractivity contribution in [2.24, 2.45) is 26.7 Å². The van der Waals surface area contributed by atoms with Gasteiger partial charge in [-0.2, -0.15) is 4.99 Å². The van der Waals surface area contributed by atoms with Crippen molar-refractivity contribution in [1.29, 1.82) is 0 Å². The Morgan fingerprint density at radius 2 is 1.85 bits per heavy atom. The second-order valence-corrected chi connectivity index (χ2v) is 7.68. The fraction of sp³-hybridized carbons (Fsp3) is 0.875. The second kappa shape index (κ2) is 5.27. The molecule has 0 amide bonds. The predicted octanol–water partition coefficient (Wildman–Crippen LogP) is 3.41. The van der Waals surface area contributed by atoms with E-state index in [4.69, 9.17) is 0 Å². The monoisotopic (exact) mass is 276 g/mol. The van der Waals surface area contributed by atoms with E-state index in [-0.39, 0.29) is 16.4 Å². The van der Waals surface area contributed by atoms with Crippen molar-refractivity contribution in [2.45, 2.75) is 64.8 Å². The highest BCUT2D eigenvalue weighted by molar-refractivity contribution is 5.36. The molecule has 0 bridgehead atoms. The Kier molecular flexibility index (Phi) is 4.00. The lowest BCUT2D eigenvalue weighted by atomic mass is 9.48. The van der Waals surface area contributed by atoms with Gasteiger partial charge in [0.2, 0.25) is 12.2 Å². The number of fused-ring (bicyclic) bond motifs is 1. The minimum Gasteiger partial charge on any atom is -0.211 e. The van der Waals surface area contributed by atoms with Crippen LogP contribution in [0.25, 0.3) is 0 Å². The molecule has 2 fully saturated rings. The van der Waals surface area contributed by atoms with Gasteiger partial charge >= 0.3 is 0 Å². The molecule has 0 N–H and O–H groups in total. The molecule has 0 aromatic carbocycles. The summed E-state index contributed by atoms with van der Waals surface area (Å²) in [7, 11) is 0. The molecule has 2 saturated carbocycles. The molecule has 0 saturated heterocycles. The van der Waals surface area contributed by atoms with Crippen molar-refractivity contribution < 1.29 is 9.59 Å². The van der Waals surface area contributed by atoms with Crippen molar-refractivity contribution in [2.75, 3.05) is 6.54 Å². The van der Waals surface area contributed by atoms with Crippen LogP contribution in [0.1, 0.15) is 59.3 Å². The molecule has 0 aliphatic heterocycles. The molecule has 2 aliphatic rings. The van der Waals surface area contributed by atoms with Gasteiger partial charge in [0.1, 0.15) is 0 Å². The molecule has 4 heteroatoms. The van der Waals surface area contributed by atoms with E-state index in [9.17, 15) is 9.59 Å². The van der Waals surface area contributed by atoms with Crippen LogP contribution in [0.2, 0.25) is 0 Å². The highest BCUT2D eigenvalue weighted by Gasteiger charge is 2.57. The van der Waals surface area contributed by atoms with Crippen molar-refractivity contribution in [3.8, 4) is 0 Å². The summed E-state index contributed by atoms with van der Waals surface area (Å²) in [6.07, 6.45) is 9.74. The lowest BCUT2D eigenvalue weighted by Crippen LogP contribution is -2.56. The van der Waals surface area contributed by atoms with E-state index in [1.54, 1.807) is 6.08 Å². The first-order valence-electron chi connectivity index (χ1n) is 7.50. The van der Waals surface area contributed by atoms with Gasteiger partial charge in [-0.25, -0.2) is 14.6 Å². The highest BCUT2D eigenvalue weighted by Crippen LogP contribution is 2.60. The summed E-state index contributed by atoms with van der Waals surface area (Å²) in [6.45, 7) is 7.13. The summed E-state index contributed by atoms with van der Waals surface area (Å²) in [5.41, 5.74) is -0.282. The van der Waals surface area contributed by atoms with Crippen LogP contribution in [0, 0.1) is 16.7 Å². The second-order valence-electron chi connectivity index (χ2n) is 7.68. The number of hydrogen-bond donors (Lipinski definition) is 0. The van der Waals surface area contributed by atoms with Gasteiger partial charge in [-0.15, -0.1) is 0 Å². The van der Waals surface area contributed by atoms with Crippen molar-refractivity contribution in [3.63, 3.8) is 0 Å². The summed E-state index contributed by atoms with van der Waals surface area (Å²) in [4.78, 5) is 29.7. The maximum Gasteiger partial charge on any atom is 0.235 e. The Balaban J connectivity index is 2.46. The molecule has 0 radical (unpaired) electrons. The fourth-order valence-corrected chi connectivity index (χ4v) is 5.18. The largest absolute Gasteiger partial charge is 0.235 e. The zero-order chi connectivity index (χ0) is 14.9. The summed E-state index contributed by atoms with van der Waals surface area (Å²) >= 11 is 0. The summed E-state index contributed by atoms with van der Waals surface area (Å²) in [5, 5.41) is 0. The molecule has 0 heterocycles. The average Bonchev–Trinajstić information content (AvgIpc) is 2.35. The van der Waals surface area contributed by atoms with E-state index in [0.29, 0.717) is 12.5 Å². The summed E-state index contributed by atoms with van der Waals surface area (Å²) < 4.78 is 0. The van der Waals surface area contributed by atoms with Crippen molar-refractivity contribution in [3.05, 3.63) is 0 Å². The number of nitrogens with zero attached hydrogens (tertiary/aromatic N) is 2. The Bertz CT molecular complexity index is 475. The summed E-state index contributed by atoms with van der Waals surface area (Å²) in [5.74, 6) is 0.315. The van der Waals surface area contributed by atoms with E-state index in [1.165, 1.54) is 6.42 Å².